The molecular weight excluding hydrogens is 356 g/mol. The number of aromatic amines is 1. The van der Waals surface area contributed by atoms with Gasteiger partial charge in [0.2, 0.25) is 5.82 Å². The third kappa shape index (κ3) is 3.79. The number of nitrogens with zero attached hydrogens (tertiary/aromatic N) is 2. The van der Waals surface area contributed by atoms with Crippen LogP contribution >= 0.6 is 0 Å². The first-order valence-electron chi connectivity index (χ1n) is 7.11. The average Bonchev–Trinajstić information content (AvgIpc) is 3.05. The van der Waals surface area contributed by atoms with Gasteiger partial charge in [-0.15, -0.1) is 13.2 Å². The summed E-state index contributed by atoms with van der Waals surface area (Å²) < 4.78 is 54.5. The minimum atomic E-state index is -4.78. The van der Waals surface area contributed by atoms with Crippen LogP contribution in [-0.4, -0.2) is 27.5 Å². The first-order valence-corrected chi connectivity index (χ1v) is 7.11. The average molecular weight is 366 g/mol. The Balaban J connectivity index is 1.93. The summed E-state index contributed by atoms with van der Waals surface area (Å²) in [5.41, 5.74) is 6.09. The number of carbonyl (C=O) groups excluding carboxylic acids is 1. The Bertz CT molecular complexity index is 952. The van der Waals surface area contributed by atoms with Gasteiger partial charge in [0.05, 0.1) is 5.56 Å². The van der Waals surface area contributed by atoms with Crippen molar-refractivity contribution in [2.75, 3.05) is 0 Å². The van der Waals surface area contributed by atoms with Crippen molar-refractivity contribution in [2.24, 2.45) is 5.73 Å². The number of benzene rings is 2. The van der Waals surface area contributed by atoms with Crippen molar-refractivity contribution in [3.63, 3.8) is 0 Å². The number of alkyl halides is 3. The molecule has 0 bridgehead atoms. The van der Waals surface area contributed by atoms with Crippen LogP contribution in [0.4, 0.5) is 17.6 Å². The molecule has 134 valence electrons. The molecule has 10 heteroatoms. The standard InChI is InChI=1S/C16H10F4N4O2/c17-12-6-3-9(7-11(12)14-22-15(13(21)25)24-23-14)8-1-4-10(5-2-8)26-16(18,19)20/h1-7H,(H2,21,25)(H,22,23,24). The number of primary amides is 1. The highest BCUT2D eigenvalue weighted by Crippen LogP contribution is 2.29. The highest BCUT2D eigenvalue weighted by atomic mass is 19.4. The minimum Gasteiger partial charge on any atom is -0.406 e. The number of ether oxygens (including phenoxy) is 1. The van der Waals surface area contributed by atoms with Gasteiger partial charge < -0.3 is 10.5 Å². The number of nitrogens with one attached hydrogen (secondary N) is 1. The van der Waals surface area contributed by atoms with Crippen LogP contribution in [-0.2, 0) is 0 Å². The van der Waals surface area contributed by atoms with Crippen LogP contribution in [0.15, 0.2) is 42.5 Å². The van der Waals surface area contributed by atoms with E-state index >= 15 is 0 Å². The number of rotatable bonds is 4. The van der Waals surface area contributed by atoms with E-state index in [1.165, 1.54) is 24.3 Å². The van der Waals surface area contributed by atoms with Crippen LogP contribution in [0.2, 0.25) is 0 Å². The van der Waals surface area contributed by atoms with Gasteiger partial charge in [-0.3, -0.25) is 9.89 Å². The summed E-state index contributed by atoms with van der Waals surface area (Å²) in [6.07, 6.45) is -4.78. The summed E-state index contributed by atoms with van der Waals surface area (Å²) in [4.78, 5) is 14.9. The van der Waals surface area contributed by atoms with E-state index in [0.29, 0.717) is 11.1 Å². The van der Waals surface area contributed by atoms with Crippen molar-refractivity contribution >= 4 is 5.91 Å². The lowest BCUT2D eigenvalue weighted by Gasteiger charge is -2.10. The summed E-state index contributed by atoms with van der Waals surface area (Å²) in [6.45, 7) is 0. The predicted octanol–water partition coefficient (Wildman–Crippen LogP) is 3.28. The van der Waals surface area contributed by atoms with Crippen LogP contribution < -0.4 is 10.5 Å². The van der Waals surface area contributed by atoms with Crippen molar-refractivity contribution in [1.82, 2.24) is 15.2 Å². The molecule has 0 aliphatic carbocycles. The Hall–Kier alpha value is -3.43. The molecule has 0 saturated heterocycles. The molecular formula is C16H10F4N4O2. The van der Waals surface area contributed by atoms with Crippen LogP contribution in [0.25, 0.3) is 22.5 Å². The summed E-state index contributed by atoms with van der Waals surface area (Å²) in [7, 11) is 0. The van der Waals surface area contributed by atoms with Gasteiger partial charge in [-0.1, -0.05) is 18.2 Å². The lowest BCUT2D eigenvalue weighted by Crippen LogP contribution is -2.16. The maximum atomic E-state index is 14.1. The molecule has 0 aliphatic heterocycles. The van der Waals surface area contributed by atoms with E-state index in [2.05, 4.69) is 19.9 Å². The Kier molecular flexibility index (Phi) is 4.33. The fourth-order valence-corrected chi connectivity index (χ4v) is 2.22. The third-order valence-electron chi connectivity index (χ3n) is 3.35. The van der Waals surface area contributed by atoms with Gasteiger partial charge in [0.15, 0.2) is 5.82 Å². The molecule has 1 aromatic heterocycles. The maximum absolute atomic E-state index is 14.1. The van der Waals surface area contributed by atoms with Crippen molar-refractivity contribution < 1.29 is 27.1 Å². The molecule has 1 heterocycles. The zero-order chi connectivity index (χ0) is 18.9. The van der Waals surface area contributed by atoms with E-state index in [4.69, 9.17) is 5.73 Å². The fraction of sp³-hybridized carbons (Fsp3) is 0.0625. The quantitative estimate of drug-likeness (QED) is 0.693. The van der Waals surface area contributed by atoms with Gasteiger partial charge >= 0.3 is 6.36 Å². The molecule has 0 spiro atoms. The van der Waals surface area contributed by atoms with Gasteiger partial charge in [0.1, 0.15) is 11.6 Å². The molecule has 26 heavy (non-hydrogen) atoms. The number of halogens is 4. The summed E-state index contributed by atoms with van der Waals surface area (Å²) in [6, 6.07) is 9.08. The van der Waals surface area contributed by atoms with Crippen LogP contribution in [0.3, 0.4) is 0 Å². The van der Waals surface area contributed by atoms with E-state index in [-0.39, 0.29) is 23.0 Å². The molecule has 3 N–H and O–H groups in total. The normalized spacial score (nSPS) is 11.4. The van der Waals surface area contributed by atoms with E-state index in [9.17, 15) is 22.4 Å². The van der Waals surface area contributed by atoms with Crippen molar-refractivity contribution in [3.8, 4) is 28.3 Å². The molecule has 0 atom stereocenters. The molecule has 6 nitrogen and oxygen atoms in total. The fourth-order valence-electron chi connectivity index (χ4n) is 2.22. The van der Waals surface area contributed by atoms with E-state index < -0.39 is 18.1 Å². The van der Waals surface area contributed by atoms with Crippen molar-refractivity contribution in [1.29, 1.82) is 0 Å². The molecule has 0 aliphatic rings. The molecule has 2 aromatic carbocycles. The van der Waals surface area contributed by atoms with Gasteiger partial charge in [-0.05, 0) is 35.4 Å². The Labute approximate surface area is 143 Å². The summed E-state index contributed by atoms with van der Waals surface area (Å²) in [5, 5.41) is 6.03. The second kappa shape index (κ2) is 6.47. The number of carbonyl (C=O) groups is 1. The molecule has 0 radical (unpaired) electrons. The van der Waals surface area contributed by atoms with Gasteiger partial charge in [0, 0.05) is 0 Å². The van der Waals surface area contributed by atoms with Crippen molar-refractivity contribution in [3.05, 3.63) is 54.1 Å². The zero-order valence-corrected chi connectivity index (χ0v) is 12.8. The molecule has 3 rings (SSSR count). The zero-order valence-electron chi connectivity index (χ0n) is 12.8. The number of aromatic nitrogens is 3. The lowest BCUT2D eigenvalue weighted by molar-refractivity contribution is -0.274. The molecule has 0 unspecified atom stereocenters. The molecule has 3 aromatic rings. The largest absolute Gasteiger partial charge is 0.573 e. The Morgan fingerprint density at radius 3 is 2.31 bits per heavy atom. The monoisotopic (exact) mass is 366 g/mol. The Morgan fingerprint density at radius 2 is 1.73 bits per heavy atom. The van der Waals surface area contributed by atoms with Gasteiger partial charge in [-0.2, -0.15) is 5.10 Å². The second-order valence-electron chi connectivity index (χ2n) is 5.14. The Morgan fingerprint density at radius 1 is 1.08 bits per heavy atom. The van der Waals surface area contributed by atoms with Crippen LogP contribution in [0, 0.1) is 5.82 Å². The number of amides is 1. The van der Waals surface area contributed by atoms with E-state index in [1.54, 1.807) is 0 Å². The topological polar surface area (TPSA) is 93.9 Å². The maximum Gasteiger partial charge on any atom is 0.573 e. The predicted molar refractivity (Wildman–Crippen MR) is 82.4 cm³/mol. The van der Waals surface area contributed by atoms with Gasteiger partial charge in [-0.25, -0.2) is 9.37 Å². The highest BCUT2D eigenvalue weighted by Gasteiger charge is 2.31. The minimum absolute atomic E-state index is 0.00173. The summed E-state index contributed by atoms with van der Waals surface area (Å²) in [5.74, 6) is -2.15. The first kappa shape index (κ1) is 17.4. The van der Waals surface area contributed by atoms with E-state index in [1.807, 2.05) is 0 Å². The lowest BCUT2D eigenvalue weighted by atomic mass is 10.0. The first-order chi connectivity index (χ1) is 12.2. The second-order valence-corrected chi connectivity index (χ2v) is 5.14. The third-order valence-corrected chi connectivity index (χ3v) is 3.35. The number of hydrogen-bond acceptors (Lipinski definition) is 4. The van der Waals surface area contributed by atoms with Crippen LogP contribution in [0.5, 0.6) is 5.75 Å². The molecule has 0 fully saturated rings. The van der Waals surface area contributed by atoms with Crippen LogP contribution in [0.1, 0.15) is 10.6 Å². The number of hydrogen-bond donors (Lipinski definition) is 2. The SMILES string of the molecule is NC(=O)c1nc(-c2cc(-c3ccc(OC(F)(F)F)cc3)ccc2F)n[nH]1. The smallest absolute Gasteiger partial charge is 0.406 e. The number of H-pyrrole nitrogens is 1. The van der Waals surface area contributed by atoms with Gasteiger partial charge in [0.25, 0.3) is 5.91 Å². The number of nitrogens with two attached hydrogens (primary N) is 1. The summed E-state index contributed by atoms with van der Waals surface area (Å²) >= 11 is 0. The van der Waals surface area contributed by atoms with E-state index in [0.717, 1.165) is 18.2 Å². The highest BCUT2D eigenvalue weighted by molar-refractivity contribution is 5.89. The van der Waals surface area contributed by atoms with Crippen molar-refractivity contribution in [2.45, 2.75) is 6.36 Å². The molecule has 1 amide bonds. The molecule has 0 saturated carbocycles.